The van der Waals surface area contributed by atoms with Crippen molar-refractivity contribution < 1.29 is 13.9 Å². The van der Waals surface area contributed by atoms with Crippen molar-refractivity contribution in [1.29, 1.82) is 0 Å². The van der Waals surface area contributed by atoms with Gasteiger partial charge in [0.25, 0.3) is 0 Å². The van der Waals surface area contributed by atoms with Crippen LogP contribution in [0.25, 0.3) is 22.4 Å². The van der Waals surface area contributed by atoms with Crippen LogP contribution in [0.15, 0.2) is 34.8 Å². The molecular weight excluding hydrogens is 339 g/mol. The zero-order valence-electron chi connectivity index (χ0n) is 11.4. The molecule has 0 aliphatic rings. The molecule has 0 aliphatic heterocycles. The fraction of sp³-hybridized carbons (Fsp3) is 0.133. The Labute approximate surface area is 129 Å². The Bertz CT molecular complexity index is 817. The number of aromatic amines is 1. The molecule has 0 bridgehead atoms. The molecule has 1 aromatic heterocycles. The van der Waals surface area contributed by atoms with Gasteiger partial charge in [0.15, 0.2) is 11.5 Å². The molecule has 0 amide bonds. The first-order valence-corrected chi connectivity index (χ1v) is 6.99. The van der Waals surface area contributed by atoms with Crippen molar-refractivity contribution in [2.24, 2.45) is 0 Å². The van der Waals surface area contributed by atoms with Crippen molar-refractivity contribution in [1.82, 2.24) is 9.97 Å². The third kappa shape index (κ3) is 2.47. The number of hydrogen-bond acceptors (Lipinski definition) is 3. The van der Waals surface area contributed by atoms with E-state index in [4.69, 9.17) is 9.47 Å². The molecule has 2 aromatic carbocycles. The maximum atomic E-state index is 13.3. The van der Waals surface area contributed by atoms with Crippen molar-refractivity contribution >= 4 is 27.0 Å². The standard InChI is InChI=1S/C15H12BrFN2O2/c1-20-13-6-9(10(16)7-14(13)21-2)15-18-11-4-3-8(17)5-12(11)19-15/h3-7H,1-2H3,(H,18,19). The van der Waals surface area contributed by atoms with Crippen LogP contribution in [0, 0.1) is 5.82 Å². The van der Waals surface area contributed by atoms with E-state index in [0.29, 0.717) is 28.4 Å². The number of hydrogen-bond donors (Lipinski definition) is 1. The zero-order valence-corrected chi connectivity index (χ0v) is 13.0. The van der Waals surface area contributed by atoms with E-state index in [0.717, 1.165) is 10.0 Å². The highest BCUT2D eigenvalue weighted by molar-refractivity contribution is 9.10. The summed E-state index contributed by atoms with van der Waals surface area (Å²) in [7, 11) is 3.15. The van der Waals surface area contributed by atoms with Gasteiger partial charge in [-0.25, -0.2) is 9.37 Å². The van der Waals surface area contributed by atoms with E-state index in [1.54, 1.807) is 20.3 Å². The van der Waals surface area contributed by atoms with Gasteiger partial charge < -0.3 is 14.5 Å². The summed E-state index contributed by atoms with van der Waals surface area (Å²) >= 11 is 3.49. The van der Waals surface area contributed by atoms with Crippen LogP contribution >= 0.6 is 15.9 Å². The van der Waals surface area contributed by atoms with Crippen molar-refractivity contribution in [3.8, 4) is 22.9 Å². The highest BCUT2D eigenvalue weighted by Crippen LogP contribution is 2.38. The molecule has 21 heavy (non-hydrogen) atoms. The Kier molecular flexibility index (Phi) is 3.55. The number of benzene rings is 2. The van der Waals surface area contributed by atoms with Crippen LogP contribution in [-0.2, 0) is 0 Å². The fourth-order valence-corrected chi connectivity index (χ4v) is 2.66. The van der Waals surface area contributed by atoms with E-state index in [-0.39, 0.29) is 5.82 Å². The molecule has 108 valence electrons. The minimum absolute atomic E-state index is 0.302. The summed E-state index contributed by atoms with van der Waals surface area (Å²) in [5.74, 6) is 1.55. The quantitative estimate of drug-likeness (QED) is 0.771. The van der Waals surface area contributed by atoms with E-state index >= 15 is 0 Å². The molecule has 1 N–H and O–H groups in total. The first-order chi connectivity index (χ1) is 10.1. The second-order valence-corrected chi connectivity index (χ2v) is 5.29. The summed E-state index contributed by atoms with van der Waals surface area (Å²) < 4.78 is 24.6. The Hall–Kier alpha value is -2.08. The van der Waals surface area contributed by atoms with Gasteiger partial charge >= 0.3 is 0 Å². The van der Waals surface area contributed by atoms with E-state index in [9.17, 15) is 4.39 Å². The second kappa shape index (κ2) is 5.37. The summed E-state index contributed by atoms with van der Waals surface area (Å²) in [6.45, 7) is 0. The second-order valence-electron chi connectivity index (χ2n) is 4.43. The lowest BCUT2D eigenvalue weighted by Crippen LogP contribution is -1.92. The molecule has 0 radical (unpaired) electrons. The Morgan fingerprint density at radius 2 is 1.81 bits per heavy atom. The third-order valence-electron chi connectivity index (χ3n) is 3.17. The van der Waals surface area contributed by atoms with Crippen molar-refractivity contribution in [3.05, 3.63) is 40.6 Å². The van der Waals surface area contributed by atoms with Crippen LogP contribution in [0.5, 0.6) is 11.5 Å². The number of imidazole rings is 1. The van der Waals surface area contributed by atoms with Crippen molar-refractivity contribution in [2.45, 2.75) is 0 Å². The van der Waals surface area contributed by atoms with Crippen LogP contribution in [-0.4, -0.2) is 24.2 Å². The van der Waals surface area contributed by atoms with Gasteiger partial charge in [0.05, 0.1) is 25.3 Å². The number of nitrogens with zero attached hydrogens (tertiary/aromatic N) is 1. The average Bonchev–Trinajstić information content (AvgIpc) is 2.89. The monoisotopic (exact) mass is 350 g/mol. The Balaban J connectivity index is 2.17. The van der Waals surface area contributed by atoms with Gasteiger partial charge in [0.1, 0.15) is 11.6 Å². The third-order valence-corrected chi connectivity index (χ3v) is 3.83. The van der Waals surface area contributed by atoms with Crippen molar-refractivity contribution in [2.75, 3.05) is 14.2 Å². The molecule has 3 rings (SSSR count). The maximum absolute atomic E-state index is 13.3. The lowest BCUT2D eigenvalue weighted by molar-refractivity contribution is 0.355. The molecule has 0 saturated carbocycles. The van der Waals surface area contributed by atoms with Gasteiger partial charge in [-0.1, -0.05) is 0 Å². The first kappa shape index (κ1) is 13.9. The van der Waals surface area contributed by atoms with E-state index in [1.165, 1.54) is 12.1 Å². The van der Waals surface area contributed by atoms with Crippen molar-refractivity contribution in [3.63, 3.8) is 0 Å². The number of halogens is 2. The summed E-state index contributed by atoms with van der Waals surface area (Å²) in [4.78, 5) is 7.57. The lowest BCUT2D eigenvalue weighted by atomic mass is 10.2. The molecule has 3 aromatic rings. The van der Waals surface area contributed by atoms with Crippen LogP contribution in [0.1, 0.15) is 0 Å². The maximum Gasteiger partial charge on any atom is 0.161 e. The topological polar surface area (TPSA) is 47.1 Å². The van der Waals surface area contributed by atoms with Crippen LogP contribution in [0.2, 0.25) is 0 Å². The van der Waals surface area contributed by atoms with E-state index in [2.05, 4.69) is 25.9 Å². The number of H-pyrrole nitrogens is 1. The van der Waals surface area contributed by atoms with Gasteiger partial charge in [-0.15, -0.1) is 0 Å². The van der Waals surface area contributed by atoms with E-state index in [1.807, 2.05) is 12.1 Å². The molecule has 4 nitrogen and oxygen atoms in total. The number of fused-ring (bicyclic) bond motifs is 1. The van der Waals surface area contributed by atoms with Crippen LogP contribution in [0.4, 0.5) is 4.39 Å². The molecule has 0 unspecified atom stereocenters. The smallest absolute Gasteiger partial charge is 0.161 e. The van der Waals surface area contributed by atoms with Gasteiger partial charge in [0.2, 0.25) is 0 Å². The predicted molar refractivity (Wildman–Crippen MR) is 82.3 cm³/mol. The molecule has 0 fully saturated rings. The summed E-state index contributed by atoms with van der Waals surface area (Å²) in [5.41, 5.74) is 2.16. The molecule has 6 heteroatoms. The molecule has 0 spiro atoms. The Morgan fingerprint density at radius 3 is 2.52 bits per heavy atom. The summed E-state index contributed by atoms with van der Waals surface area (Å²) in [5, 5.41) is 0. The predicted octanol–water partition coefficient (Wildman–Crippen LogP) is 4.15. The fourth-order valence-electron chi connectivity index (χ4n) is 2.15. The molecular formula is C15H12BrFN2O2. The highest BCUT2D eigenvalue weighted by atomic mass is 79.9. The van der Waals surface area contributed by atoms with Crippen LogP contribution < -0.4 is 9.47 Å². The van der Waals surface area contributed by atoms with Gasteiger partial charge in [-0.3, -0.25) is 0 Å². The lowest BCUT2D eigenvalue weighted by Gasteiger charge is -2.10. The number of nitrogens with one attached hydrogen (secondary N) is 1. The minimum atomic E-state index is -0.302. The van der Waals surface area contributed by atoms with Gasteiger partial charge in [0, 0.05) is 10.0 Å². The average molecular weight is 351 g/mol. The molecule has 0 saturated heterocycles. The molecule has 0 atom stereocenters. The number of methoxy groups -OCH3 is 2. The summed E-state index contributed by atoms with van der Waals surface area (Å²) in [6.07, 6.45) is 0. The zero-order chi connectivity index (χ0) is 15.0. The largest absolute Gasteiger partial charge is 0.493 e. The first-order valence-electron chi connectivity index (χ1n) is 6.19. The number of rotatable bonds is 3. The SMILES string of the molecule is COc1cc(Br)c(-c2nc3ccc(F)cc3[nH]2)cc1OC. The highest BCUT2D eigenvalue weighted by Gasteiger charge is 2.14. The molecule has 1 heterocycles. The van der Waals surface area contributed by atoms with Crippen LogP contribution in [0.3, 0.4) is 0 Å². The van der Waals surface area contributed by atoms with E-state index < -0.39 is 0 Å². The number of ether oxygens (including phenoxy) is 2. The minimum Gasteiger partial charge on any atom is -0.493 e. The van der Waals surface area contributed by atoms with Gasteiger partial charge in [-0.05, 0) is 46.3 Å². The normalized spacial score (nSPS) is 10.9. The summed E-state index contributed by atoms with van der Waals surface area (Å²) in [6, 6.07) is 8.06. The number of aromatic nitrogens is 2. The Morgan fingerprint density at radius 1 is 1.10 bits per heavy atom. The molecule has 0 aliphatic carbocycles. The van der Waals surface area contributed by atoms with Gasteiger partial charge in [-0.2, -0.15) is 0 Å².